The number of hydrogen-bond acceptors (Lipinski definition) is 6. The number of allylic oxidation sites excluding steroid dienone is 16. The number of rotatable bonds is 47. The Hall–Kier alpha value is -3.67. The normalized spacial score (nSPS) is 12.8. The van der Waals surface area contributed by atoms with Gasteiger partial charge in [0.2, 0.25) is 0 Å². The van der Waals surface area contributed by atoms with Crippen LogP contribution in [0.15, 0.2) is 97.2 Å². The van der Waals surface area contributed by atoms with Crippen LogP contribution >= 0.6 is 0 Å². The van der Waals surface area contributed by atoms with Crippen molar-refractivity contribution in [3.63, 3.8) is 0 Å². The molecule has 0 bridgehead atoms. The lowest BCUT2D eigenvalue weighted by atomic mass is 10.0. The van der Waals surface area contributed by atoms with E-state index in [1.165, 1.54) is 96.3 Å². The van der Waals surface area contributed by atoms with Crippen LogP contribution in [0.2, 0.25) is 0 Å². The second-order valence-electron chi connectivity index (χ2n) is 17.4. The van der Waals surface area contributed by atoms with Crippen molar-refractivity contribution in [1.82, 2.24) is 0 Å². The maximum atomic E-state index is 12.8. The molecule has 1 atom stereocenters. The first-order valence-electron chi connectivity index (χ1n) is 26.7. The summed E-state index contributed by atoms with van der Waals surface area (Å²) in [6.45, 7) is 6.35. The van der Waals surface area contributed by atoms with E-state index in [4.69, 9.17) is 14.2 Å². The third-order valence-corrected chi connectivity index (χ3v) is 11.1. The van der Waals surface area contributed by atoms with E-state index in [2.05, 4.69) is 112 Å². The smallest absolute Gasteiger partial charge is 0.306 e. The fourth-order valence-corrected chi connectivity index (χ4v) is 7.15. The predicted octanol–water partition coefficient (Wildman–Crippen LogP) is 17.8. The maximum Gasteiger partial charge on any atom is 0.306 e. The van der Waals surface area contributed by atoms with Crippen LogP contribution in [0.25, 0.3) is 0 Å². The fraction of sp³-hybridized carbons (Fsp3) is 0.678. The van der Waals surface area contributed by atoms with Crippen molar-refractivity contribution in [2.75, 3.05) is 13.2 Å². The van der Waals surface area contributed by atoms with Gasteiger partial charge < -0.3 is 14.2 Å². The van der Waals surface area contributed by atoms with Gasteiger partial charge in [0.1, 0.15) is 13.2 Å². The highest BCUT2D eigenvalue weighted by Gasteiger charge is 2.19. The van der Waals surface area contributed by atoms with Crippen molar-refractivity contribution in [3.05, 3.63) is 97.2 Å². The molecule has 0 N–H and O–H groups in total. The van der Waals surface area contributed by atoms with Gasteiger partial charge >= 0.3 is 17.9 Å². The Labute approximate surface area is 400 Å². The van der Waals surface area contributed by atoms with Gasteiger partial charge in [0, 0.05) is 19.3 Å². The molecule has 0 aromatic heterocycles. The van der Waals surface area contributed by atoms with E-state index < -0.39 is 6.10 Å². The van der Waals surface area contributed by atoms with Gasteiger partial charge in [-0.15, -0.1) is 0 Å². The quantitative estimate of drug-likeness (QED) is 0.0262. The Bertz CT molecular complexity index is 1310. The molecule has 1 unspecified atom stereocenters. The summed E-state index contributed by atoms with van der Waals surface area (Å²) in [6, 6.07) is 0. The van der Waals surface area contributed by atoms with Crippen LogP contribution in [0.1, 0.15) is 239 Å². The van der Waals surface area contributed by atoms with Crippen molar-refractivity contribution in [1.29, 1.82) is 0 Å². The molecule has 0 aliphatic rings. The minimum absolute atomic E-state index is 0.103. The topological polar surface area (TPSA) is 78.9 Å². The van der Waals surface area contributed by atoms with Crippen LogP contribution in [0.5, 0.6) is 0 Å². The van der Waals surface area contributed by atoms with E-state index in [1.54, 1.807) is 0 Å². The summed E-state index contributed by atoms with van der Waals surface area (Å²) in [5, 5.41) is 0. The highest BCUT2D eigenvalue weighted by Crippen LogP contribution is 2.15. The van der Waals surface area contributed by atoms with Crippen LogP contribution in [0, 0.1) is 0 Å². The van der Waals surface area contributed by atoms with Crippen LogP contribution in [0.4, 0.5) is 0 Å². The van der Waals surface area contributed by atoms with Crippen molar-refractivity contribution < 1.29 is 28.6 Å². The molecule has 65 heavy (non-hydrogen) atoms. The summed E-state index contributed by atoms with van der Waals surface area (Å²) in [4.78, 5) is 38.0. The Morgan fingerprint density at radius 3 is 1.03 bits per heavy atom. The third kappa shape index (κ3) is 51.2. The largest absolute Gasteiger partial charge is 0.462 e. The molecule has 0 aliphatic heterocycles. The Balaban J connectivity index is 4.50. The highest BCUT2D eigenvalue weighted by molar-refractivity contribution is 5.71. The maximum absolute atomic E-state index is 12.8. The Kier molecular flexibility index (Phi) is 50.0. The van der Waals surface area contributed by atoms with Gasteiger partial charge in [-0.3, -0.25) is 14.4 Å². The van der Waals surface area contributed by atoms with E-state index in [9.17, 15) is 14.4 Å². The molecule has 6 nitrogen and oxygen atoms in total. The second kappa shape index (κ2) is 52.9. The van der Waals surface area contributed by atoms with Gasteiger partial charge in [-0.2, -0.15) is 0 Å². The number of carbonyl (C=O) groups is 3. The monoisotopic (exact) mass is 903 g/mol. The lowest BCUT2D eigenvalue weighted by Gasteiger charge is -2.18. The zero-order valence-corrected chi connectivity index (χ0v) is 42.2. The molecule has 0 rings (SSSR count). The highest BCUT2D eigenvalue weighted by atomic mass is 16.6. The molecule has 370 valence electrons. The summed E-state index contributed by atoms with van der Waals surface area (Å²) < 4.78 is 16.7. The molecular formula is C59H98O6. The fourth-order valence-electron chi connectivity index (χ4n) is 7.15. The molecule has 0 saturated heterocycles. The van der Waals surface area contributed by atoms with Crippen LogP contribution in [0.3, 0.4) is 0 Å². The number of ether oxygens (including phenoxy) is 3. The minimum Gasteiger partial charge on any atom is -0.462 e. The molecule has 0 heterocycles. The van der Waals surface area contributed by atoms with E-state index >= 15 is 0 Å². The lowest BCUT2D eigenvalue weighted by Crippen LogP contribution is -2.30. The number of esters is 3. The van der Waals surface area contributed by atoms with Crippen LogP contribution in [-0.4, -0.2) is 37.2 Å². The molecule has 0 spiro atoms. The number of hydrogen-bond donors (Lipinski definition) is 0. The molecule has 0 aliphatic carbocycles. The minimum atomic E-state index is -0.811. The molecule has 0 fully saturated rings. The summed E-state index contributed by atoms with van der Waals surface area (Å²) in [5.74, 6) is -0.999. The van der Waals surface area contributed by atoms with Crippen molar-refractivity contribution in [2.45, 2.75) is 245 Å². The van der Waals surface area contributed by atoms with Crippen molar-refractivity contribution >= 4 is 17.9 Å². The SMILES string of the molecule is CC/C=C\C/C=C\C/C=C\C/C=C\C/C=C\C/C=C\CCC(=O)OCC(COC(=O)CCCCCCCCCCCCCCCC)OC(=O)CCCCCCCCC/C=C\C/C=C\CC. The average molecular weight is 903 g/mol. The van der Waals surface area contributed by atoms with Gasteiger partial charge in [-0.05, 0) is 83.5 Å². The molecule has 6 heteroatoms. The predicted molar refractivity (Wildman–Crippen MR) is 279 cm³/mol. The number of unbranched alkanes of at least 4 members (excludes halogenated alkanes) is 20. The van der Waals surface area contributed by atoms with Crippen molar-refractivity contribution in [2.24, 2.45) is 0 Å². The molecule has 0 saturated carbocycles. The molecule has 0 aromatic carbocycles. The Morgan fingerprint density at radius 1 is 0.323 bits per heavy atom. The van der Waals surface area contributed by atoms with Gasteiger partial charge in [0.05, 0.1) is 0 Å². The molecule has 0 amide bonds. The molecular weight excluding hydrogens is 805 g/mol. The number of carbonyl (C=O) groups excluding carboxylic acids is 3. The summed E-state index contributed by atoms with van der Waals surface area (Å²) in [6.07, 6.45) is 69.7. The van der Waals surface area contributed by atoms with Gasteiger partial charge in [0.25, 0.3) is 0 Å². The summed E-state index contributed by atoms with van der Waals surface area (Å²) in [5.41, 5.74) is 0. The lowest BCUT2D eigenvalue weighted by molar-refractivity contribution is -0.166. The first-order chi connectivity index (χ1) is 32.0. The Morgan fingerprint density at radius 2 is 0.631 bits per heavy atom. The van der Waals surface area contributed by atoms with E-state index in [0.717, 1.165) is 96.3 Å². The summed E-state index contributed by atoms with van der Waals surface area (Å²) >= 11 is 0. The molecule has 0 aromatic rings. The van der Waals surface area contributed by atoms with E-state index in [-0.39, 0.29) is 37.5 Å². The van der Waals surface area contributed by atoms with Crippen LogP contribution < -0.4 is 0 Å². The average Bonchev–Trinajstić information content (AvgIpc) is 3.30. The van der Waals surface area contributed by atoms with E-state index in [1.807, 2.05) is 6.08 Å². The van der Waals surface area contributed by atoms with Gasteiger partial charge in [-0.1, -0.05) is 234 Å². The van der Waals surface area contributed by atoms with Gasteiger partial charge in [-0.25, -0.2) is 0 Å². The van der Waals surface area contributed by atoms with Gasteiger partial charge in [0.15, 0.2) is 6.10 Å². The first-order valence-corrected chi connectivity index (χ1v) is 26.7. The standard InChI is InChI=1S/C59H98O6/c1-4-7-10-13-16-19-22-25-28-29-30-31-32-35-37-40-43-46-49-52-58(61)64-55-56(65-59(62)53-50-47-44-41-38-34-27-24-21-18-15-12-9-6-3)54-63-57(60)51-48-45-42-39-36-33-26-23-20-17-14-11-8-5-2/h7,9-10,12,16,18-19,21,25,28,30-31,35,37,43,46,56H,4-6,8,11,13-15,17,20,22-24,26-27,29,32-34,36,38-42,44-45,47-55H2,1-3H3/b10-7-,12-9-,19-16-,21-18-,28-25-,31-30-,37-35-,46-43-. The zero-order valence-electron chi connectivity index (χ0n) is 42.2. The summed E-state index contributed by atoms with van der Waals surface area (Å²) in [7, 11) is 0. The first kappa shape index (κ1) is 61.3. The third-order valence-electron chi connectivity index (χ3n) is 11.1. The zero-order chi connectivity index (χ0) is 47.2. The van der Waals surface area contributed by atoms with Crippen LogP contribution in [-0.2, 0) is 28.6 Å². The molecule has 0 radical (unpaired) electrons. The van der Waals surface area contributed by atoms with E-state index in [0.29, 0.717) is 19.3 Å². The van der Waals surface area contributed by atoms with Crippen molar-refractivity contribution in [3.8, 4) is 0 Å². The second-order valence-corrected chi connectivity index (χ2v) is 17.4.